The smallest absolute Gasteiger partial charge is 0.134 e. The van der Waals surface area contributed by atoms with Crippen LogP contribution in [-0.2, 0) is 5.60 Å². The molecule has 5 heteroatoms. The van der Waals surface area contributed by atoms with Crippen molar-refractivity contribution in [2.24, 2.45) is 0 Å². The number of aryl methyl sites for hydroxylation is 1. The SMILES string of the molecule is Cc1nc(-c2cc(Br)cs2)sc1C(C)(C)O. The minimum Gasteiger partial charge on any atom is -0.385 e. The summed E-state index contributed by atoms with van der Waals surface area (Å²) in [6.07, 6.45) is 0. The van der Waals surface area contributed by atoms with Crippen molar-refractivity contribution in [3.05, 3.63) is 26.5 Å². The zero-order valence-corrected chi connectivity index (χ0v) is 12.5. The molecule has 0 saturated heterocycles. The number of hydrogen-bond donors (Lipinski definition) is 1. The number of halogens is 1. The fraction of sp³-hybridized carbons (Fsp3) is 0.364. The molecule has 0 aromatic carbocycles. The largest absolute Gasteiger partial charge is 0.385 e. The van der Waals surface area contributed by atoms with E-state index in [0.717, 1.165) is 24.9 Å². The van der Waals surface area contributed by atoms with Crippen molar-refractivity contribution >= 4 is 38.6 Å². The molecule has 0 unspecified atom stereocenters. The Morgan fingerprint density at radius 3 is 2.56 bits per heavy atom. The van der Waals surface area contributed by atoms with E-state index in [4.69, 9.17) is 0 Å². The molecule has 86 valence electrons. The van der Waals surface area contributed by atoms with Crippen molar-refractivity contribution in [1.29, 1.82) is 0 Å². The summed E-state index contributed by atoms with van der Waals surface area (Å²) in [6, 6.07) is 2.05. The molecule has 0 fully saturated rings. The molecule has 16 heavy (non-hydrogen) atoms. The molecular formula is C11H12BrNOS2. The highest BCUT2D eigenvalue weighted by Gasteiger charge is 2.23. The van der Waals surface area contributed by atoms with Gasteiger partial charge in [-0.15, -0.1) is 22.7 Å². The molecule has 2 nitrogen and oxygen atoms in total. The van der Waals surface area contributed by atoms with Gasteiger partial charge in [0.25, 0.3) is 0 Å². The topological polar surface area (TPSA) is 33.1 Å². The molecule has 0 aliphatic heterocycles. The van der Waals surface area contributed by atoms with Gasteiger partial charge in [-0.3, -0.25) is 0 Å². The van der Waals surface area contributed by atoms with Crippen molar-refractivity contribution in [3.63, 3.8) is 0 Å². The number of aromatic nitrogens is 1. The maximum absolute atomic E-state index is 10.00. The van der Waals surface area contributed by atoms with Gasteiger partial charge in [-0.25, -0.2) is 4.98 Å². The van der Waals surface area contributed by atoms with Gasteiger partial charge >= 0.3 is 0 Å². The first-order valence-corrected chi connectivity index (χ1v) is 7.31. The summed E-state index contributed by atoms with van der Waals surface area (Å²) in [5, 5.41) is 13.0. The van der Waals surface area contributed by atoms with E-state index in [1.165, 1.54) is 0 Å². The third-order valence-electron chi connectivity index (χ3n) is 2.13. The number of rotatable bonds is 2. The highest BCUT2D eigenvalue weighted by Crippen LogP contribution is 2.37. The van der Waals surface area contributed by atoms with Crippen molar-refractivity contribution in [3.8, 4) is 9.88 Å². The van der Waals surface area contributed by atoms with Gasteiger partial charge in [-0.2, -0.15) is 0 Å². The van der Waals surface area contributed by atoms with Gasteiger partial charge in [-0.1, -0.05) is 0 Å². The zero-order valence-electron chi connectivity index (χ0n) is 9.24. The molecule has 0 spiro atoms. The lowest BCUT2D eigenvalue weighted by molar-refractivity contribution is 0.0817. The van der Waals surface area contributed by atoms with E-state index in [9.17, 15) is 5.11 Å². The first-order chi connectivity index (χ1) is 7.38. The summed E-state index contributed by atoms with van der Waals surface area (Å²) in [6.45, 7) is 5.53. The van der Waals surface area contributed by atoms with Gasteiger partial charge in [0.2, 0.25) is 0 Å². The van der Waals surface area contributed by atoms with Gasteiger partial charge in [0.05, 0.1) is 21.0 Å². The van der Waals surface area contributed by atoms with Crippen LogP contribution >= 0.6 is 38.6 Å². The second-order valence-corrected chi connectivity index (χ2v) is 6.95. The third kappa shape index (κ3) is 2.37. The average Bonchev–Trinajstić information content (AvgIpc) is 2.70. The van der Waals surface area contributed by atoms with Crippen LogP contribution in [0.1, 0.15) is 24.4 Å². The van der Waals surface area contributed by atoms with Crippen LogP contribution in [0.4, 0.5) is 0 Å². The van der Waals surface area contributed by atoms with Crippen LogP contribution in [0.15, 0.2) is 15.9 Å². The van der Waals surface area contributed by atoms with Gasteiger partial charge in [0, 0.05) is 9.85 Å². The van der Waals surface area contributed by atoms with Crippen LogP contribution in [0.25, 0.3) is 9.88 Å². The molecule has 0 amide bonds. The maximum Gasteiger partial charge on any atom is 0.134 e. The molecule has 0 bridgehead atoms. The molecule has 0 aliphatic rings. The molecule has 2 rings (SSSR count). The molecular weight excluding hydrogens is 306 g/mol. The summed E-state index contributed by atoms with van der Waals surface area (Å²) in [5.41, 5.74) is 0.103. The van der Waals surface area contributed by atoms with Gasteiger partial charge < -0.3 is 5.11 Å². The Morgan fingerprint density at radius 2 is 2.12 bits per heavy atom. The standard InChI is InChI=1S/C11H12BrNOS2/c1-6-9(11(2,3)14)16-10(13-6)8-4-7(12)5-15-8/h4-5,14H,1-3H3. The fourth-order valence-corrected chi connectivity index (χ4v) is 4.05. The van der Waals surface area contributed by atoms with Gasteiger partial charge in [0.15, 0.2) is 0 Å². The highest BCUT2D eigenvalue weighted by molar-refractivity contribution is 9.10. The first kappa shape index (κ1) is 12.2. The number of aliphatic hydroxyl groups is 1. The quantitative estimate of drug-likeness (QED) is 0.901. The average molecular weight is 318 g/mol. The summed E-state index contributed by atoms with van der Waals surface area (Å²) < 4.78 is 1.07. The molecule has 2 heterocycles. The Morgan fingerprint density at radius 1 is 1.44 bits per heavy atom. The predicted octanol–water partition coefficient (Wildman–Crippen LogP) is 4.17. The van der Waals surface area contributed by atoms with E-state index >= 15 is 0 Å². The first-order valence-electron chi connectivity index (χ1n) is 4.82. The number of hydrogen-bond acceptors (Lipinski definition) is 4. The molecule has 0 radical (unpaired) electrons. The number of thiazole rings is 1. The van der Waals surface area contributed by atoms with E-state index in [2.05, 4.69) is 27.0 Å². The van der Waals surface area contributed by atoms with E-state index in [1.807, 2.05) is 12.3 Å². The van der Waals surface area contributed by atoms with Crippen LogP contribution in [0.2, 0.25) is 0 Å². The Labute approximate surface area is 111 Å². The van der Waals surface area contributed by atoms with Crippen molar-refractivity contribution in [2.45, 2.75) is 26.4 Å². The Balaban J connectivity index is 2.46. The van der Waals surface area contributed by atoms with Crippen LogP contribution in [0.5, 0.6) is 0 Å². The van der Waals surface area contributed by atoms with Crippen molar-refractivity contribution in [1.82, 2.24) is 4.98 Å². The summed E-state index contributed by atoms with van der Waals surface area (Å²) >= 11 is 6.65. The van der Waals surface area contributed by atoms with Crippen molar-refractivity contribution in [2.75, 3.05) is 0 Å². The second kappa shape index (κ2) is 4.22. The summed E-state index contributed by atoms with van der Waals surface area (Å²) in [7, 11) is 0. The minimum atomic E-state index is -0.811. The Hall–Kier alpha value is -0.230. The highest BCUT2D eigenvalue weighted by atomic mass is 79.9. The second-order valence-electron chi connectivity index (χ2n) is 4.12. The molecule has 2 aromatic rings. The Kier molecular flexibility index (Phi) is 3.22. The van der Waals surface area contributed by atoms with Gasteiger partial charge in [0.1, 0.15) is 5.01 Å². The summed E-state index contributed by atoms with van der Waals surface area (Å²) in [4.78, 5) is 6.58. The van der Waals surface area contributed by atoms with Crippen LogP contribution in [0, 0.1) is 6.92 Å². The van der Waals surface area contributed by atoms with Crippen LogP contribution < -0.4 is 0 Å². The third-order valence-corrected chi connectivity index (χ3v) is 5.46. The fourth-order valence-electron chi connectivity index (χ4n) is 1.49. The summed E-state index contributed by atoms with van der Waals surface area (Å²) in [5.74, 6) is 0. The lowest BCUT2D eigenvalue weighted by atomic mass is 10.1. The maximum atomic E-state index is 10.00. The van der Waals surface area contributed by atoms with E-state index in [0.29, 0.717) is 0 Å². The minimum absolute atomic E-state index is 0.811. The zero-order chi connectivity index (χ0) is 11.9. The monoisotopic (exact) mass is 317 g/mol. The van der Waals surface area contributed by atoms with Crippen LogP contribution in [0.3, 0.4) is 0 Å². The Bertz CT molecular complexity index is 510. The molecule has 0 atom stereocenters. The molecule has 0 saturated carbocycles. The molecule has 1 N–H and O–H groups in total. The normalized spacial score (nSPS) is 12.1. The lowest BCUT2D eigenvalue weighted by Crippen LogP contribution is -2.14. The van der Waals surface area contributed by atoms with E-state index < -0.39 is 5.60 Å². The molecule has 2 aromatic heterocycles. The molecule has 0 aliphatic carbocycles. The number of nitrogens with zero attached hydrogens (tertiary/aromatic N) is 1. The van der Waals surface area contributed by atoms with E-state index in [-0.39, 0.29) is 0 Å². The van der Waals surface area contributed by atoms with Crippen molar-refractivity contribution < 1.29 is 5.11 Å². The van der Waals surface area contributed by atoms with Gasteiger partial charge in [-0.05, 0) is 42.8 Å². The van der Waals surface area contributed by atoms with E-state index in [1.54, 1.807) is 36.5 Å². The predicted molar refractivity (Wildman–Crippen MR) is 73.1 cm³/mol. The van der Waals surface area contributed by atoms with Crippen LogP contribution in [-0.4, -0.2) is 10.1 Å². The lowest BCUT2D eigenvalue weighted by Gasteiger charge is -2.14. The number of thiophene rings is 1.